The van der Waals surface area contributed by atoms with Crippen molar-refractivity contribution < 1.29 is 4.79 Å². The standard InChI is InChI=1S/C20H25N3OS/c1-14-4-2-3-5-17(14)19-22-18(13-25-19)20(24)23-10-8-16(9-11-23)21-12-15-6-7-15/h2-5,13,15-16,21H,6-12H2,1H3. The summed E-state index contributed by atoms with van der Waals surface area (Å²) in [6.07, 6.45) is 4.87. The zero-order valence-electron chi connectivity index (χ0n) is 14.7. The first-order chi connectivity index (χ1) is 12.2. The Kier molecular flexibility index (Phi) is 4.86. The molecule has 1 saturated carbocycles. The first-order valence-electron chi connectivity index (χ1n) is 9.25. The van der Waals surface area contributed by atoms with Crippen molar-refractivity contribution in [2.45, 2.75) is 38.6 Å². The highest BCUT2D eigenvalue weighted by atomic mass is 32.1. The van der Waals surface area contributed by atoms with E-state index >= 15 is 0 Å². The summed E-state index contributed by atoms with van der Waals surface area (Å²) in [4.78, 5) is 19.3. The van der Waals surface area contributed by atoms with Crippen molar-refractivity contribution >= 4 is 17.2 Å². The Bertz CT molecular complexity index is 745. The van der Waals surface area contributed by atoms with Crippen molar-refractivity contribution in [3.05, 3.63) is 40.9 Å². The van der Waals surface area contributed by atoms with E-state index in [-0.39, 0.29) is 5.91 Å². The number of nitrogens with one attached hydrogen (secondary N) is 1. The molecule has 0 unspecified atom stereocenters. The Balaban J connectivity index is 1.36. The molecule has 2 heterocycles. The average molecular weight is 356 g/mol. The molecule has 1 aliphatic heterocycles. The maximum absolute atomic E-state index is 12.8. The van der Waals surface area contributed by atoms with Crippen LogP contribution in [0.15, 0.2) is 29.6 Å². The molecule has 1 N–H and O–H groups in total. The van der Waals surface area contributed by atoms with Crippen LogP contribution in [0.5, 0.6) is 0 Å². The first kappa shape index (κ1) is 16.7. The molecule has 1 saturated heterocycles. The van der Waals surface area contributed by atoms with E-state index < -0.39 is 0 Å². The molecule has 1 aromatic heterocycles. The zero-order valence-corrected chi connectivity index (χ0v) is 15.5. The summed E-state index contributed by atoms with van der Waals surface area (Å²) in [5.41, 5.74) is 2.90. The van der Waals surface area contributed by atoms with E-state index in [1.807, 2.05) is 22.4 Å². The minimum atomic E-state index is 0.0803. The van der Waals surface area contributed by atoms with Gasteiger partial charge in [-0.15, -0.1) is 11.3 Å². The highest BCUT2D eigenvalue weighted by Crippen LogP contribution is 2.29. The van der Waals surface area contributed by atoms with Crippen LogP contribution in [0.1, 0.15) is 41.7 Å². The number of carbonyl (C=O) groups is 1. The van der Waals surface area contributed by atoms with Crippen LogP contribution in [0.3, 0.4) is 0 Å². The summed E-state index contributed by atoms with van der Waals surface area (Å²) in [6.45, 7) is 4.90. The van der Waals surface area contributed by atoms with E-state index in [2.05, 4.69) is 29.4 Å². The fourth-order valence-corrected chi connectivity index (χ4v) is 4.30. The van der Waals surface area contributed by atoms with Gasteiger partial charge in [0.2, 0.25) is 0 Å². The lowest BCUT2D eigenvalue weighted by Crippen LogP contribution is -2.45. The fourth-order valence-electron chi connectivity index (χ4n) is 3.41. The first-order valence-corrected chi connectivity index (χ1v) is 10.1. The van der Waals surface area contributed by atoms with Gasteiger partial charge >= 0.3 is 0 Å². The number of likely N-dealkylation sites (tertiary alicyclic amines) is 1. The number of piperidine rings is 1. The molecule has 4 rings (SSSR count). The molecule has 2 aromatic rings. The highest BCUT2D eigenvalue weighted by Gasteiger charge is 2.27. The van der Waals surface area contributed by atoms with Crippen LogP contribution in [0.2, 0.25) is 0 Å². The predicted octanol–water partition coefficient (Wildman–Crippen LogP) is 3.72. The third kappa shape index (κ3) is 3.93. The summed E-state index contributed by atoms with van der Waals surface area (Å²) in [7, 11) is 0. The summed E-state index contributed by atoms with van der Waals surface area (Å²) in [5.74, 6) is 0.992. The van der Waals surface area contributed by atoms with E-state index in [9.17, 15) is 4.79 Å². The van der Waals surface area contributed by atoms with Gasteiger partial charge in [0.15, 0.2) is 0 Å². The number of benzene rings is 1. The van der Waals surface area contributed by atoms with E-state index in [0.717, 1.165) is 49.0 Å². The molecule has 1 aliphatic carbocycles. The maximum Gasteiger partial charge on any atom is 0.273 e. The van der Waals surface area contributed by atoms with Crippen molar-refractivity contribution in [1.29, 1.82) is 0 Å². The Hall–Kier alpha value is -1.72. The van der Waals surface area contributed by atoms with Gasteiger partial charge in [0.05, 0.1) is 0 Å². The van der Waals surface area contributed by atoms with E-state index in [0.29, 0.717) is 11.7 Å². The van der Waals surface area contributed by atoms with Gasteiger partial charge in [-0.2, -0.15) is 0 Å². The van der Waals surface area contributed by atoms with Crippen LogP contribution in [0.25, 0.3) is 10.6 Å². The second kappa shape index (κ2) is 7.26. The van der Waals surface area contributed by atoms with Crippen molar-refractivity contribution in [3.8, 4) is 10.6 Å². The number of hydrogen-bond acceptors (Lipinski definition) is 4. The van der Waals surface area contributed by atoms with E-state index in [1.54, 1.807) is 11.3 Å². The van der Waals surface area contributed by atoms with Crippen molar-refractivity contribution in [1.82, 2.24) is 15.2 Å². The molecule has 4 nitrogen and oxygen atoms in total. The molecule has 2 fully saturated rings. The predicted molar refractivity (Wildman–Crippen MR) is 102 cm³/mol. The summed E-state index contributed by atoms with van der Waals surface area (Å²) in [5, 5.41) is 6.50. The molecule has 0 bridgehead atoms. The van der Waals surface area contributed by atoms with Gasteiger partial charge in [-0.25, -0.2) is 4.98 Å². The summed E-state index contributed by atoms with van der Waals surface area (Å²) in [6, 6.07) is 8.77. The topological polar surface area (TPSA) is 45.2 Å². The molecule has 0 radical (unpaired) electrons. The molecule has 2 aliphatic rings. The second-order valence-electron chi connectivity index (χ2n) is 7.27. The second-order valence-corrected chi connectivity index (χ2v) is 8.13. The number of thiazole rings is 1. The Labute approximate surface area is 153 Å². The van der Waals surface area contributed by atoms with Crippen LogP contribution in [0, 0.1) is 12.8 Å². The van der Waals surface area contributed by atoms with Gasteiger partial charge < -0.3 is 10.2 Å². The molecule has 0 spiro atoms. The van der Waals surface area contributed by atoms with Gasteiger partial charge in [0.1, 0.15) is 10.7 Å². The zero-order chi connectivity index (χ0) is 17.2. The number of carbonyl (C=O) groups excluding carboxylic acids is 1. The molecular weight excluding hydrogens is 330 g/mol. The van der Waals surface area contributed by atoms with Crippen LogP contribution in [0.4, 0.5) is 0 Å². The third-order valence-electron chi connectivity index (χ3n) is 5.27. The van der Waals surface area contributed by atoms with Crippen LogP contribution >= 0.6 is 11.3 Å². The van der Waals surface area contributed by atoms with Gasteiger partial charge in [-0.3, -0.25) is 4.79 Å². The Morgan fingerprint density at radius 1 is 1.24 bits per heavy atom. The lowest BCUT2D eigenvalue weighted by atomic mass is 10.0. The summed E-state index contributed by atoms with van der Waals surface area (Å²) >= 11 is 1.56. The normalized spacial score (nSPS) is 18.5. The summed E-state index contributed by atoms with van der Waals surface area (Å²) < 4.78 is 0. The van der Waals surface area contributed by atoms with Gasteiger partial charge in [-0.1, -0.05) is 24.3 Å². The SMILES string of the molecule is Cc1ccccc1-c1nc(C(=O)N2CCC(NCC3CC3)CC2)cs1. The minimum absolute atomic E-state index is 0.0803. The van der Waals surface area contributed by atoms with Crippen molar-refractivity contribution in [3.63, 3.8) is 0 Å². The van der Waals surface area contributed by atoms with Gasteiger partial charge in [-0.05, 0) is 50.6 Å². The monoisotopic (exact) mass is 355 g/mol. The minimum Gasteiger partial charge on any atom is -0.337 e. The van der Waals surface area contributed by atoms with Crippen LogP contribution < -0.4 is 5.32 Å². The highest BCUT2D eigenvalue weighted by molar-refractivity contribution is 7.13. The van der Waals surface area contributed by atoms with Gasteiger partial charge in [0.25, 0.3) is 5.91 Å². The average Bonchev–Trinajstić information content (AvgIpc) is 3.35. The third-order valence-corrected chi connectivity index (χ3v) is 6.15. The van der Waals surface area contributed by atoms with Crippen molar-refractivity contribution in [2.24, 2.45) is 5.92 Å². The van der Waals surface area contributed by atoms with E-state index in [4.69, 9.17) is 0 Å². The quantitative estimate of drug-likeness (QED) is 0.889. The molecule has 0 atom stereocenters. The lowest BCUT2D eigenvalue weighted by molar-refractivity contribution is 0.0700. The molecule has 25 heavy (non-hydrogen) atoms. The largest absolute Gasteiger partial charge is 0.337 e. The van der Waals surface area contributed by atoms with E-state index in [1.165, 1.54) is 18.4 Å². The smallest absolute Gasteiger partial charge is 0.273 e. The number of aromatic nitrogens is 1. The van der Waals surface area contributed by atoms with Crippen LogP contribution in [-0.2, 0) is 0 Å². The number of nitrogens with zero attached hydrogens (tertiary/aromatic N) is 2. The number of hydrogen-bond donors (Lipinski definition) is 1. The molecule has 1 amide bonds. The fraction of sp³-hybridized carbons (Fsp3) is 0.500. The lowest BCUT2D eigenvalue weighted by Gasteiger charge is -2.32. The number of rotatable bonds is 5. The van der Waals surface area contributed by atoms with Crippen molar-refractivity contribution in [2.75, 3.05) is 19.6 Å². The maximum atomic E-state index is 12.8. The Morgan fingerprint density at radius 3 is 2.72 bits per heavy atom. The van der Waals surface area contributed by atoms with Crippen LogP contribution in [-0.4, -0.2) is 41.5 Å². The molecule has 132 valence electrons. The number of aryl methyl sites for hydroxylation is 1. The molecular formula is C20H25N3OS. The van der Waals surface area contributed by atoms with Gasteiger partial charge in [0, 0.05) is 30.1 Å². The number of amides is 1. The molecule has 1 aromatic carbocycles. The molecule has 5 heteroatoms. The Morgan fingerprint density at radius 2 is 2.00 bits per heavy atom.